The van der Waals surface area contributed by atoms with E-state index in [2.05, 4.69) is 33.9 Å². The van der Waals surface area contributed by atoms with Crippen molar-refractivity contribution in [2.24, 2.45) is 5.92 Å². The van der Waals surface area contributed by atoms with Crippen LogP contribution >= 0.6 is 35.0 Å². The number of rotatable bonds is 8. The number of nitrogens with one attached hydrogen (secondary N) is 1. The molecule has 1 aromatic heterocycles. The van der Waals surface area contributed by atoms with Crippen molar-refractivity contribution in [2.75, 3.05) is 12.8 Å². The third-order valence-electron chi connectivity index (χ3n) is 3.58. The zero-order valence-electron chi connectivity index (χ0n) is 14.6. The molecular formula is C17H22Cl2N4OS. The Morgan fingerprint density at radius 2 is 2.08 bits per heavy atom. The average molecular weight is 401 g/mol. The number of hydrogen-bond acceptors (Lipinski definition) is 4. The molecule has 2 aromatic rings. The number of carbonyl (C=O) groups is 1. The number of thioether (sulfide) groups is 1. The van der Waals surface area contributed by atoms with Crippen LogP contribution in [0.5, 0.6) is 0 Å². The Hall–Kier alpha value is -1.24. The lowest BCUT2D eigenvalue weighted by Crippen LogP contribution is -2.25. The van der Waals surface area contributed by atoms with E-state index in [4.69, 9.17) is 23.2 Å². The molecule has 0 saturated carbocycles. The van der Waals surface area contributed by atoms with E-state index >= 15 is 0 Å². The summed E-state index contributed by atoms with van der Waals surface area (Å²) in [6.45, 7) is 5.76. The Balaban J connectivity index is 1.90. The number of nitrogens with zero attached hydrogens (tertiary/aromatic N) is 3. The Bertz CT molecular complexity index is 733. The van der Waals surface area contributed by atoms with Gasteiger partial charge in [0.2, 0.25) is 0 Å². The van der Waals surface area contributed by atoms with Crippen LogP contribution in [0.15, 0.2) is 23.4 Å². The summed E-state index contributed by atoms with van der Waals surface area (Å²) in [5, 5.41) is 13.0. The summed E-state index contributed by atoms with van der Waals surface area (Å²) < 4.78 is 2.16. The van der Waals surface area contributed by atoms with Crippen molar-refractivity contribution in [3.05, 3.63) is 39.6 Å². The molecule has 0 radical (unpaired) electrons. The van der Waals surface area contributed by atoms with Crippen molar-refractivity contribution < 1.29 is 4.79 Å². The molecule has 0 saturated heterocycles. The first-order valence-electron chi connectivity index (χ1n) is 8.12. The maximum absolute atomic E-state index is 12.2. The van der Waals surface area contributed by atoms with Crippen molar-refractivity contribution in [3.8, 4) is 0 Å². The number of aromatic nitrogens is 3. The normalized spacial score (nSPS) is 11.1. The van der Waals surface area contributed by atoms with Gasteiger partial charge in [0.25, 0.3) is 5.91 Å². The first-order chi connectivity index (χ1) is 11.9. The van der Waals surface area contributed by atoms with Crippen LogP contribution in [0, 0.1) is 5.92 Å². The summed E-state index contributed by atoms with van der Waals surface area (Å²) in [6.07, 6.45) is 3.53. The minimum Gasteiger partial charge on any atom is -0.352 e. The van der Waals surface area contributed by atoms with Gasteiger partial charge in [0.05, 0.1) is 15.6 Å². The van der Waals surface area contributed by atoms with Crippen molar-refractivity contribution >= 4 is 40.9 Å². The fourth-order valence-corrected chi connectivity index (χ4v) is 3.34. The van der Waals surface area contributed by atoms with Gasteiger partial charge in [0, 0.05) is 19.5 Å². The van der Waals surface area contributed by atoms with Crippen LogP contribution in [0.1, 0.15) is 36.5 Å². The van der Waals surface area contributed by atoms with Crippen LogP contribution in [0.2, 0.25) is 10.0 Å². The monoisotopic (exact) mass is 400 g/mol. The maximum atomic E-state index is 12.2. The van der Waals surface area contributed by atoms with E-state index in [1.54, 1.807) is 30.0 Å². The van der Waals surface area contributed by atoms with Gasteiger partial charge in [-0.3, -0.25) is 4.79 Å². The molecule has 1 N–H and O–H groups in total. The molecule has 2 rings (SSSR count). The molecule has 0 atom stereocenters. The Morgan fingerprint density at radius 1 is 1.32 bits per heavy atom. The molecule has 0 bridgehead atoms. The Kier molecular flexibility index (Phi) is 7.59. The highest BCUT2D eigenvalue weighted by Gasteiger charge is 2.14. The summed E-state index contributed by atoms with van der Waals surface area (Å²) in [7, 11) is 0. The molecule has 0 aliphatic heterocycles. The zero-order valence-corrected chi connectivity index (χ0v) is 16.9. The van der Waals surface area contributed by atoms with E-state index in [1.165, 1.54) is 0 Å². The highest BCUT2D eigenvalue weighted by Crippen LogP contribution is 2.25. The molecule has 0 fully saturated rings. The Labute approximate surface area is 162 Å². The first-order valence-corrected chi connectivity index (χ1v) is 10.1. The molecule has 136 valence electrons. The minimum absolute atomic E-state index is 0.221. The Morgan fingerprint density at radius 3 is 2.76 bits per heavy atom. The molecule has 0 unspecified atom stereocenters. The molecule has 0 aliphatic carbocycles. The maximum Gasteiger partial charge on any atom is 0.252 e. The number of halogens is 2. The van der Waals surface area contributed by atoms with E-state index in [1.807, 2.05) is 6.26 Å². The van der Waals surface area contributed by atoms with Crippen LogP contribution < -0.4 is 5.32 Å². The van der Waals surface area contributed by atoms with Crippen LogP contribution in [-0.4, -0.2) is 33.5 Å². The summed E-state index contributed by atoms with van der Waals surface area (Å²) in [6, 6.07) is 5.03. The highest BCUT2D eigenvalue weighted by molar-refractivity contribution is 7.98. The van der Waals surface area contributed by atoms with E-state index in [-0.39, 0.29) is 10.9 Å². The van der Waals surface area contributed by atoms with Gasteiger partial charge in [0.1, 0.15) is 5.82 Å². The third kappa shape index (κ3) is 5.36. The fourth-order valence-electron chi connectivity index (χ4n) is 2.43. The molecule has 0 spiro atoms. The summed E-state index contributed by atoms with van der Waals surface area (Å²) >= 11 is 13.6. The minimum atomic E-state index is -0.221. The lowest BCUT2D eigenvalue weighted by Gasteiger charge is -2.12. The van der Waals surface area contributed by atoms with Gasteiger partial charge in [-0.15, -0.1) is 10.2 Å². The lowest BCUT2D eigenvalue weighted by molar-refractivity contribution is 0.0953. The van der Waals surface area contributed by atoms with Crippen LogP contribution in [0.3, 0.4) is 0 Å². The average Bonchev–Trinajstić information content (AvgIpc) is 2.95. The predicted octanol–water partition coefficient (Wildman–Crippen LogP) is 4.33. The van der Waals surface area contributed by atoms with E-state index in [0.717, 1.165) is 30.4 Å². The molecule has 25 heavy (non-hydrogen) atoms. The number of hydrogen-bond donors (Lipinski definition) is 1. The standard InChI is InChI=1S/C17H22Cl2N4OS/c1-11(2)10-23-14(21-22-17(23)25-3)8-5-9-20-16(24)12-6-4-7-13(18)15(12)19/h4,6-7,11H,5,8-10H2,1-3H3,(H,20,24). The summed E-state index contributed by atoms with van der Waals surface area (Å²) in [4.78, 5) is 12.2. The fraction of sp³-hybridized carbons (Fsp3) is 0.471. The topological polar surface area (TPSA) is 59.8 Å². The molecule has 8 heteroatoms. The largest absolute Gasteiger partial charge is 0.352 e. The van der Waals surface area contributed by atoms with E-state index in [9.17, 15) is 4.79 Å². The van der Waals surface area contributed by atoms with Crippen LogP contribution in [-0.2, 0) is 13.0 Å². The number of carbonyl (C=O) groups excluding carboxylic acids is 1. The molecule has 1 heterocycles. The molecule has 1 aromatic carbocycles. The van der Waals surface area contributed by atoms with Crippen molar-refractivity contribution in [3.63, 3.8) is 0 Å². The smallest absolute Gasteiger partial charge is 0.252 e. The first kappa shape index (κ1) is 20.1. The number of benzene rings is 1. The van der Waals surface area contributed by atoms with Gasteiger partial charge in [-0.05, 0) is 30.7 Å². The van der Waals surface area contributed by atoms with E-state index in [0.29, 0.717) is 23.0 Å². The van der Waals surface area contributed by atoms with Gasteiger partial charge in [-0.1, -0.05) is 54.9 Å². The number of amides is 1. The SMILES string of the molecule is CSc1nnc(CCCNC(=O)c2cccc(Cl)c2Cl)n1CC(C)C. The van der Waals surface area contributed by atoms with Crippen molar-refractivity contribution in [1.82, 2.24) is 20.1 Å². The van der Waals surface area contributed by atoms with Gasteiger partial charge in [0.15, 0.2) is 5.16 Å². The zero-order chi connectivity index (χ0) is 18.4. The van der Waals surface area contributed by atoms with Gasteiger partial charge < -0.3 is 9.88 Å². The van der Waals surface area contributed by atoms with Crippen LogP contribution in [0.4, 0.5) is 0 Å². The van der Waals surface area contributed by atoms with Crippen molar-refractivity contribution in [2.45, 2.75) is 38.4 Å². The highest BCUT2D eigenvalue weighted by atomic mass is 35.5. The second-order valence-electron chi connectivity index (χ2n) is 6.07. The summed E-state index contributed by atoms with van der Waals surface area (Å²) in [5.41, 5.74) is 0.391. The second kappa shape index (κ2) is 9.46. The number of aryl methyl sites for hydroxylation is 1. The lowest BCUT2D eigenvalue weighted by atomic mass is 10.2. The quantitative estimate of drug-likeness (QED) is 0.529. The molecule has 0 aliphatic rings. The molecular weight excluding hydrogens is 379 g/mol. The van der Waals surface area contributed by atoms with Gasteiger partial charge >= 0.3 is 0 Å². The van der Waals surface area contributed by atoms with Crippen molar-refractivity contribution in [1.29, 1.82) is 0 Å². The van der Waals surface area contributed by atoms with Gasteiger partial charge in [-0.2, -0.15) is 0 Å². The van der Waals surface area contributed by atoms with E-state index < -0.39 is 0 Å². The second-order valence-corrected chi connectivity index (χ2v) is 7.63. The van der Waals surface area contributed by atoms with Crippen LogP contribution in [0.25, 0.3) is 0 Å². The molecule has 1 amide bonds. The van der Waals surface area contributed by atoms with Gasteiger partial charge in [-0.25, -0.2) is 0 Å². The predicted molar refractivity (Wildman–Crippen MR) is 104 cm³/mol. The summed E-state index contributed by atoms with van der Waals surface area (Å²) in [5.74, 6) is 1.25. The molecule has 5 nitrogen and oxygen atoms in total. The third-order valence-corrected chi connectivity index (χ3v) is 5.07.